The Morgan fingerprint density at radius 2 is 0.983 bits per heavy atom. The lowest BCUT2D eigenvalue weighted by Gasteiger charge is -2.29. The number of nitrogens with one attached hydrogen (secondary N) is 12. The number of likely N-dealkylation sites (tertiary alicyclic amines) is 1. The van der Waals surface area contributed by atoms with Crippen molar-refractivity contribution < 1.29 is 86.9 Å². The number of benzene rings is 3. The predicted molar refractivity (Wildman–Crippen MR) is 423 cm³/mol. The van der Waals surface area contributed by atoms with Crippen LogP contribution in [-0.4, -0.2) is 224 Å². The van der Waals surface area contributed by atoms with Crippen molar-refractivity contribution in [2.45, 2.75) is 184 Å². The highest BCUT2D eigenvalue weighted by atomic mass is 16.3. The van der Waals surface area contributed by atoms with Crippen LogP contribution in [0.25, 0.3) is 10.9 Å². The molecule has 6 rings (SSSR count). The Morgan fingerprint density at radius 3 is 1.54 bits per heavy atom. The number of nitrogens with zero attached hydrogens (tertiary/aromatic N) is 3. The van der Waals surface area contributed by atoms with Gasteiger partial charge in [-0.25, -0.2) is 0 Å². The third kappa shape index (κ3) is 30.6. The molecule has 0 spiro atoms. The van der Waals surface area contributed by atoms with Crippen LogP contribution in [0.1, 0.15) is 108 Å². The van der Waals surface area contributed by atoms with Crippen molar-refractivity contribution in [3.63, 3.8) is 0 Å². The molecule has 1 saturated heterocycles. The van der Waals surface area contributed by atoms with Crippen LogP contribution in [0.2, 0.25) is 0 Å². The maximum Gasteiger partial charge on any atom is 0.245 e. The topological polar surface area (TPSA) is 672 Å². The molecule has 1 fully saturated rings. The van der Waals surface area contributed by atoms with Crippen LogP contribution in [0, 0.1) is 11.8 Å². The second-order valence-electron chi connectivity index (χ2n) is 29.2. The normalized spacial score (nSPS) is 15.2. The molecule has 28 N–H and O–H groups in total. The van der Waals surface area contributed by atoms with Crippen LogP contribution in [0.15, 0.2) is 115 Å². The SMILES string of the molecule is CC(C)C[C@H](NC(=O)CNC(=O)[C@H](Cc1cccnc1)NC(=O)[C@H](CO)NC(=O)[C@H](CC(N)=O)NC(=O)[C@H](Cc1c[nH]c2ccccc12)NC(=O)[C@H](CC(N)=O)NC(=O)[C@H](Cc1ccc(O)cc1)NC(=O)[C@H](CC(N)=O)NC(=O)[C@@H]1CCCN1C(=O)[C@@H](N)CC(C)C)C(=O)N[C@@H](CCCN=C(N)N)C(=O)N[C@@H](Cc1ccccc1)C(N)=O. The monoisotopic (exact) mass is 1630 g/mol. The van der Waals surface area contributed by atoms with Crippen molar-refractivity contribution >= 4 is 111 Å². The molecule has 40 nitrogen and oxygen atoms in total. The number of rotatable bonds is 47. The zero-order chi connectivity index (χ0) is 86.2. The number of guanidine groups is 1. The molecule has 0 bridgehead atoms. The number of aromatic amines is 1. The van der Waals surface area contributed by atoms with Crippen LogP contribution in [0.3, 0.4) is 0 Å². The van der Waals surface area contributed by atoms with E-state index in [9.17, 15) is 86.9 Å². The maximum absolute atomic E-state index is 14.9. The number of para-hydroxylation sites is 1. The number of fused-ring (bicyclic) bond motifs is 1. The number of aliphatic imine (C=N–C) groups is 1. The second kappa shape index (κ2) is 45.7. The molecule has 117 heavy (non-hydrogen) atoms. The number of amides is 16. The fourth-order valence-electron chi connectivity index (χ4n) is 12.9. The van der Waals surface area contributed by atoms with E-state index >= 15 is 0 Å². The Balaban J connectivity index is 1.20. The van der Waals surface area contributed by atoms with Gasteiger partial charge in [0, 0.05) is 68.3 Å². The number of hydrogen-bond donors (Lipinski definition) is 21. The van der Waals surface area contributed by atoms with Gasteiger partial charge in [-0.3, -0.25) is 86.7 Å². The summed E-state index contributed by atoms with van der Waals surface area (Å²) < 4.78 is 0. The molecule has 2 aromatic heterocycles. The first-order chi connectivity index (χ1) is 55.5. The van der Waals surface area contributed by atoms with Crippen molar-refractivity contribution in [3.8, 4) is 5.75 Å². The summed E-state index contributed by atoms with van der Waals surface area (Å²) in [5.41, 5.74) is 42.0. The Hall–Kier alpha value is -13.1. The van der Waals surface area contributed by atoms with Crippen LogP contribution in [0.4, 0.5) is 0 Å². The van der Waals surface area contributed by atoms with Gasteiger partial charge in [0.05, 0.1) is 38.5 Å². The largest absolute Gasteiger partial charge is 0.508 e. The van der Waals surface area contributed by atoms with Crippen molar-refractivity contribution in [3.05, 3.63) is 132 Å². The van der Waals surface area contributed by atoms with Gasteiger partial charge in [-0.1, -0.05) is 94.4 Å². The average molecular weight is 1630 g/mol. The number of aliphatic hydroxyl groups excluding tert-OH is 1. The highest BCUT2D eigenvalue weighted by molar-refractivity contribution is 6.02. The summed E-state index contributed by atoms with van der Waals surface area (Å²) in [5.74, 6) is -17.4. The Kier molecular flexibility index (Phi) is 36.2. The minimum absolute atomic E-state index is 0.00239. The number of H-pyrrole nitrogens is 1. The van der Waals surface area contributed by atoms with Gasteiger partial charge in [-0.05, 0) is 96.9 Å². The van der Waals surface area contributed by atoms with Gasteiger partial charge in [-0.2, -0.15) is 0 Å². The average Bonchev–Trinajstić information content (AvgIpc) is 1.65. The summed E-state index contributed by atoms with van der Waals surface area (Å²) >= 11 is 0. The number of hydrogen-bond acceptors (Lipinski definition) is 21. The van der Waals surface area contributed by atoms with Crippen LogP contribution in [0.5, 0.6) is 5.75 Å². The predicted octanol–water partition coefficient (Wildman–Crippen LogP) is -5.93. The number of nitrogens with two attached hydrogens (primary N) is 7. The van der Waals surface area contributed by atoms with Gasteiger partial charge in [0.2, 0.25) is 94.5 Å². The number of carbonyl (C=O) groups excluding carboxylic acids is 16. The van der Waals surface area contributed by atoms with E-state index in [0.29, 0.717) is 40.4 Å². The van der Waals surface area contributed by atoms with Crippen LogP contribution >= 0.6 is 0 Å². The van der Waals surface area contributed by atoms with E-state index in [1.165, 1.54) is 59.9 Å². The fraction of sp³-hybridized carbons (Fsp3) is 0.455. The number of aromatic nitrogens is 2. The number of primary amides is 4. The summed E-state index contributed by atoms with van der Waals surface area (Å²) in [6.45, 7) is 5.40. The first-order valence-electron chi connectivity index (χ1n) is 37.9. The number of phenols is 1. The van der Waals surface area contributed by atoms with Crippen molar-refractivity contribution in [1.29, 1.82) is 0 Å². The van der Waals surface area contributed by atoms with E-state index < -0.39 is 212 Å². The summed E-state index contributed by atoms with van der Waals surface area (Å²) in [6, 6.07) is 4.75. The lowest BCUT2D eigenvalue weighted by molar-refractivity contribution is -0.141. The molecule has 0 radical (unpaired) electrons. The summed E-state index contributed by atoms with van der Waals surface area (Å²) in [7, 11) is 0. The zero-order valence-electron chi connectivity index (χ0n) is 65.3. The molecule has 40 heteroatoms. The number of aromatic hydroxyl groups is 1. The zero-order valence-corrected chi connectivity index (χ0v) is 65.3. The van der Waals surface area contributed by atoms with E-state index in [1.54, 1.807) is 68.4 Å². The Labute approximate surface area is 673 Å². The van der Waals surface area contributed by atoms with Gasteiger partial charge >= 0.3 is 0 Å². The quantitative estimate of drug-likeness (QED) is 0.00980. The van der Waals surface area contributed by atoms with Gasteiger partial charge in [0.25, 0.3) is 0 Å². The molecule has 3 heterocycles. The first-order valence-corrected chi connectivity index (χ1v) is 37.9. The minimum atomic E-state index is -2.03. The van der Waals surface area contributed by atoms with Crippen molar-refractivity contribution in [1.82, 2.24) is 73.4 Å². The van der Waals surface area contributed by atoms with Gasteiger partial charge < -0.3 is 119 Å². The van der Waals surface area contributed by atoms with Gasteiger partial charge in [0.15, 0.2) is 5.96 Å². The molecule has 1 aliphatic rings. The molecule has 0 unspecified atom stereocenters. The smallest absolute Gasteiger partial charge is 0.245 e. The molecule has 1 aliphatic heterocycles. The molecular weight excluding hydrogens is 1520 g/mol. The molecular formula is C77H106N22O18. The number of phenolic OH excluding ortho intramolecular Hbond substituents is 1. The molecule has 632 valence electrons. The van der Waals surface area contributed by atoms with Crippen LogP contribution in [-0.2, 0) is 102 Å². The van der Waals surface area contributed by atoms with E-state index in [-0.39, 0.29) is 80.7 Å². The van der Waals surface area contributed by atoms with Crippen molar-refractivity contribution in [2.24, 2.45) is 57.0 Å². The van der Waals surface area contributed by atoms with Gasteiger partial charge in [0.1, 0.15) is 72.2 Å². The van der Waals surface area contributed by atoms with Crippen molar-refractivity contribution in [2.75, 3.05) is 26.2 Å². The molecule has 12 atom stereocenters. The lowest BCUT2D eigenvalue weighted by Crippen LogP contribution is -2.62. The minimum Gasteiger partial charge on any atom is -0.508 e. The highest BCUT2D eigenvalue weighted by Gasteiger charge is 2.41. The Morgan fingerprint density at radius 1 is 0.513 bits per heavy atom. The molecule has 3 aromatic carbocycles. The number of pyridine rings is 1. The summed E-state index contributed by atoms with van der Waals surface area (Å²) in [5, 5.41) is 48.3. The second-order valence-corrected chi connectivity index (χ2v) is 29.2. The summed E-state index contributed by atoms with van der Waals surface area (Å²) in [4.78, 5) is 234. The molecule has 0 aliphatic carbocycles. The molecule has 0 saturated carbocycles. The third-order valence-corrected chi connectivity index (χ3v) is 18.7. The lowest BCUT2D eigenvalue weighted by atomic mass is 10.0. The van der Waals surface area contributed by atoms with E-state index in [2.05, 4.69) is 73.4 Å². The fourth-order valence-corrected chi connectivity index (χ4v) is 12.9. The van der Waals surface area contributed by atoms with Gasteiger partial charge in [-0.15, -0.1) is 0 Å². The van der Waals surface area contributed by atoms with E-state index in [4.69, 9.17) is 40.1 Å². The molecule has 16 amide bonds. The van der Waals surface area contributed by atoms with Crippen LogP contribution < -0.4 is 98.6 Å². The Bertz CT molecular complexity index is 4350. The number of aliphatic hydroxyl groups is 1. The third-order valence-electron chi connectivity index (χ3n) is 18.7. The standard InChI is InChI=1S/C77H106N22O18/c1-40(2)27-48(78)76(117)99-26-12-19-60(99)75(116)97-58(35-63(81)104)72(113)93-54(30-43-20-22-46(101)23-21-43)69(110)95-56(33-61(79)102)71(112)94-55(32-45-37-87-49-17-9-8-16-47(45)49)70(111)96-57(34-62(80)103)73(114)98-59(39-100)74(115)92-53(31-44-15-10-24-85-36-44)66(107)88-38-64(105)89-52(28-41(3)4)68(109)90-50(18-11-25-86-77(83)84)67(108)91-51(65(82)106)29-42-13-6-5-7-14-42/h5-10,13-17,20-24,36-37,40-41,48,50-60,87,100-101H,11-12,18-19,25-35,38-39,78H2,1-4H3,(H2,79,102)(H2,80,103)(H2,81,104)(H2,82,106)(H,88,107)(H,89,105)(H,90,109)(H,91,108)(H,92,115)(H,93,113)(H,94,112)(H,95,110)(H,96,111)(H,97,116)(H,98,114)(H4,83,84,86)/t48-,50-,51-,52-,53-,54-,55-,56-,57-,58-,59-,60-/m0/s1. The first kappa shape index (κ1) is 92.7. The molecule has 5 aromatic rings. The highest BCUT2D eigenvalue weighted by Crippen LogP contribution is 2.23. The maximum atomic E-state index is 14.9. The van der Waals surface area contributed by atoms with E-state index in [0.717, 1.165) is 0 Å². The van der Waals surface area contributed by atoms with E-state index in [1.807, 2.05) is 13.8 Å². The summed E-state index contributed by atoms with van der Waals surface area (Å²) in [6.07, 6.45) is 1.22. The number of carbonyl (C=O) groups is 16.